The van der Waals surface area contributed by atoms with Crippen molar-refractivity contribution < 1.29 is 26.3 Å². The highest BCUT2D eigenvalue weighted by Crippen LogP contribution is 2.32. The van der Waals surface area contributed by atoms with Crippen LogP contribution in [0, 0.1) is 0 Å². The molecule has 1 aliphatic heterocycles. The molecule has 1 aliphatic rings. The van der Waals surface area contributed by atoms with Crippen LogP contribution >= 0.6 is 0 Å². The van der Waals surface area contributed by atoms with Crippen LogP contribution in [0.25, 0.3) is 0 Å². The average Bonchev–Trinajstić information content (AvgIpc) is 2.85. The molecular formula is C13H19NO6S2. The summed E-state index contributed by atoms with van der Waals surface area (Å²) in [7, 11) is -2.79. The minimum atomic E-state index is -3.85. The number of rotatable bonds is 5. The zero-order valence-corrected chi connectivity index (χ0v) is 14.3. The Morgan fingerprint density at radius 3 is 2.41 bits per heavy atom. The van der Waals surface area contributed by atoms with Crippen LogP contribution in [0.1, 0.15) is 6.42 Å². The fourth-order valence-corrected chi connectivity index (χ4v) is 5.79. The third kappa shape index (κ3) is 3.21. The van der Waals surface area contributed by atoms with E-state index in [0.717, 1.165) is 4.31 Å². The van der Waals surface area contributed by atoms with Crippen molar-refractivity contribution >= 4 is 19.9 Å². The Morgan fingerprint density at radius 1 is 1.23 bits per heavy atom. The van der Waals surface area contributed by atoms with Gasteiger partial charge in [0.05, 0.1) is 25.7 Å². The topological polar surface area (TPSA) is 90.0 Å². The maximum Gasteiger partial charge on any atom is 0.246 e. The molecule has 7 nitrogen and oxygen atoms in total. The van der Waals surface area contributed by atoms with Gasteiger partial charge in [-0.15, -0.1) is 0 Å². The molecule has 1 aromatic carbocycles. The van der Waals surface area contributed by atoms with Gasteiger partial charge in [0.15, 0.2) is 9.84 Å². The summed E-state index contributed by atoms with van der Waals surface area (Å²) in [6, 6.07) is 3.84. The first kappa shape index (κ1) is 17.0. The van der Waals surface area contributed by atoms with E-state index in [4.69, 9.17) is 9.47 Å². The van der Waals surface area contributed by atoms with E-state index in [-0.39, 0.29) is 22.2 Å². The highest BCUT2D eigenvalue weighted by molar-refractivity contribution is 7.92. The molecule has 0 radical (unpaired) electrons. The number of ether oxygens (including phenoxy) is 2. The molecular weight excluding hydrogens is 330 g/mol. The van der Waals surface area contributed by atoms with Gasteiger partial charge in [-0.3, -0.25) is 0 Å². The smallest absolute Gasteiger partial charge is 0.246 e. The minimum Gasteiger partial charge on any atom is -0.497 e. The maximum atomic E-state index is 12.7. The van der Waals surface area contributed by atoms with Gasteiger partial charge < -0.3 is 9.47 Å². The quantitative estimate of drug-likeness (QED) is 0.769. The highest BCUT2D eigenvalue weighted by atomic mass is 32.2. The summed E-state index contributed by atoms with van der Waals surface area (Å²) in [5, 5.41) is 0. The number of nitrogens with zero attached hydrogens (tertiary/aromatic N) is 1. The van der Waals surface area contributed by atoms with Crippen molar-refractivity contribution in [1.82, 2.24) is 4.31 Å². The van der Waals surface area contributed by atoms with Crippen molar-refractivity contribution in [2.24, 2.45) is 0 Å². The second kappa shape index (κ2) is 6.05. The molecule has 1 atom stereocenters. The van der Waals surface area contributed by atoms with Crippen molar-refractivity contribution in [3.8, 4) is 11.5 Å². The van der Waals surface area contributed by atoms with Crippen LogP contribution in [0.15, 0.2) is 23.1 Å². The van der Waals surface area contributed by atoms with Crippen molar-refractivity contribution in [3.05, 3.63) is 18.2 Å². The monoisotopic (exact) mass is 349 g/mol. The van der Waals surface area contributed by atoms with E-state index < -0.39 is 25.9 Å². The molecule has 124 valence electrons. The Bertz CT molecular complexity index is 757. The van der Waals surface area contributed by atoms with Crippen molar-refractivity contribution in [2.75, 3.05) is 32.8 Å². The summed E-state index contributed by atoms with van der Waals surface area (Å²) in [4.78, 5) is -0.0115. The van der Waals surface area contributed by atoms with Gasteiger partial charge in [0.2, 0.25) is 10.0 Å². The zero-order chi connectivity index (χ0) is 16.5. The van der Waals surface area contributed by atoms with Crippen molar-refractivity contribution in [3.63, 3.8) is 0 Å². The Balaban J connectivity index is 2.38. The van der Waals surface area contributed by atoms with Crippen LogP contribution in [-0.4, -0.2) is 60.0 Å². The molecule has 0 saturated carbocycles. The van der Waals surface area contributed by atoms with Crippen LogP contribution in [0.4, 0.5) is 0 Å². The van der Waals surface area contributed by atoms with E-state index in [2.05, 4.69) is 0 Å². The molecule has 0 aromatic heterocycles. The second-order valence-corrected chi connectivity index (χ2v) is 9.29. The normalized spacial score (nSPS) is 21.0. The summed E-state index contributed by atoms with van der Waals surface area (Å²) >= 11 is 0. The van der Waals surface area contributed by atoms with E-state index in [9.17, 15) is 16.8 Å². The minimum absolute atomic E-state index is 0.0112. The number of benzene rings is 1. The molecule has 0 spiro atoms. The summed E-state index contributed by atoms with van der Waals surface area (Å²) < 4.78 is 59.8. The first-order chi connectivity index (χ1) is 10.2. The molecule has 0 amide bonds. The third-order valence-corrected chi connectivity index (χ3v) is 7.45. The van der Waals surface area contributed by atoms with Gasteiger partial charge >= 0.3 is 0 Å². The van der Waals surface area contributed by atoms with Gasteiger partial charge in [0.1, 0.15) is 16.4 Å². The molecule has 1 heterocycles. The Labute approximate surface area is 130 Å². The lowest BCUT2D eigenvalue weighted by Crippen LogP contribution is -2.37. The van der Waals surface area contributed by atoms with Crippen LogP contribution in [-0.2, 0) is 19.9 Å². The predicted octanol–water partition coefficient (Wildman–Crippen LogP) is 0.511. The summed E-state index contributed by atoms with van der Waals surface area (Å²) in [5.74, 6) is 0.493. The van der Waals surface area contributed by atoms with E-state index in [1.165, 1.54) is 39.5 Å². The average molecular weight is 349 g/mol. The molecule has 0 unspecified atom stereocenters. The van der Waals surface area contributed by atoms with Gasteiger partial charge in [-0.1, -0.05) is 0 Å². The van der Waals surface area contributed by atoms with Gasteiger partial charge in [0, 0.05) is 19.2 Å². The molecule has 0 bridgehead atoms. The number of methoxy groups -OCH3 is 2. The van der Waals surface area contributed by atoms with Crippen LogP contribution in [0.2, 0.25) is 0 Å². The second-order valence-electron chi connectivity index (χ2n) is 5.09. The van der Waals surface area contributed by atoms with Gasteiger partial charge in [-0.05, 0) is 18.6 Å². The van der Waals surface area contributed by atoms with E-state index in [1.807, 2.05) is 0 Å². The molecule has 0 N–H and O–H groups in total. The lowest BCUT2D eigenvalue weighted by Gasteiger charge is -2.23. The summed E-state index contributed by atoms with van der Waals surface area (Å²) in [6.45, 7) is 0. The highest BCUT2D eigenvalue weighted by Gasteiger charge is 2.37. The number of hydrogen-bond donors (Lipinski definition) is 0. The first-order valence-corrected chi connectivity index (χ1v) is 9.88. The molecule has 22 heavy (non-hydrogen) atoms. The van der Waals surface area contributed by atoms with Crippen molar-refractivity contribution in [2.45, 2.75) is 17.4 Å². The first-order valence-electron chi connectivity index (χ1n) is 6.62. The molecule has 1 saturated heterocycles. The zero-order valence-electron chi connectivity index (χ0n) is 12.6. The lowest BCUT2D eigenvalue weighted by atomic mass is 10.3. The van der Waals surface area contributed by atoms with Gasteiger partial charge in [0.25, 0.3) is 0 Å². The van der Waals surface area contributed by atoms with Crippen LogP contribution in [0.3, 0.4) is 0 Å². The van der Waals surface area contributed by atoms with Gasteiger partial charge in [-0.25, -0.2) is 16.8 Å². The summed E-state index contributed by atoms with van der Waals surface area (Å²) in [6.07, 6.45) is 0.302. The SMILES string of the molecule is COc1ccc(S(=O)(=O)N(C)[C@@H]2CCS(=O)(=O)C2)c(OC)c1. The molecule has 1 aromatic rings. The fourth-order valence-electron chi connectivity index (χ4n) is 2.40. The largest absolute Gasteiger partial charge is 0.497 e. The molecule has 0 aliphatic carbocycles. The molecule has 2 rings (SSSR count). The van der Waals surface area contributed by atoms with E-state index in [1.54, 1.807) is 0 Å². The number of hydrogen-bond acceptors (Lipinski definition) is 6. The van der Waals surface area contributed by atoms with E-state index in [0.29, 0.717) is 12.2 Å². The van der Waals surface area contributed by atoms with Crippen LogP contribution in [0.5, 0.6) is 11.5 Å². The maximum absolute atomic E-state index is 12.7. The van der Waals surface area contributed by atoms with E-state index >= 15 is 0 Å². The Kier molecular flexibility index (Phi) is 4.69. The number of sulfone groups is 1. The fraction of sp³-hybridized carbons (Fsp3) is 0.538. The Hall–Kier alpha value is -1.32. The van der Waals surface area contributed by atoms with Crippen LogP contribution < -0.4 is 9.47 Å². The molecule has 9 heteroatoms. The summed E-state index contributed by atoms with van der Waals surface area (Å²) in [5.41, 5.74) is 0. The number of sulfonamides is 1. The molecule has 1 fully saturated rings. The third-order valence-electron chi connectivity index (χ3n) is 3.75. The standard InChI is InChI=1S/C13H19NO6S2/c1-14(10-6-7-21(15,16)9-10)22(17,18)13-5-4-11(19-2)8-12(13)20-3/h4-5,8,10H,6-7,9H2,1-3H3/t10-/m1/s1. The van der Waals surface area contributed by atoms with Gasteiger partial charge in [-0.2, -0.15) is 4.31 Å². The lowest BCUT2D eigenvalue weighted by molar-refractivity contribution is 0.373. The Morgan fingerprint density at radius 2 is 1.91 bits per heavy atom. The van der Waals surface area contributed by atoms with Crippen molar-refractivity contribution in [1.29, 1.82) is 0 Å². The predicted molar refractivity (Wildman–Crippen MR) is 81.6 cm³/mol.